The molecule has 0 spiro atoms. The van der Waals surface area contributed by atoms with Crippen molar-refractivity contribution in [1.29, 1.82) is 0 Å². The number of para-hydroxylation sites is 1. The molecule has 2 heterocycles. The molecule has 0 aliphatic heterocycles. The van der Waals surface area contributed by atoms with Crippen LogP contribution in [0.25, 0.3) is 10.9 Å². The molecule has 0 fully saturated rings. The molecule has 0 radical (unpaired) electrons. The summed E-state index contributed by atoms with van der Waals surface area (Å²) in [5.74, 6) is 0. The number of nitrogens with zero attached hydrogens (tertiary/aromatic N) is 2. The van der Waals surface area contributed by atoms with E-state index in [2.05, 4.69) is 49.4 Å². The summed E-state index contributed by atoms with van der Waals surface area (Å²) in [5.41, 5.74) is 4.05. The Hall–Kier alpha value is -1.94. The molecule has 0 amide bonds. The Morgan fingerprint density at radius 3 is 2.70 bits per heavy atom. The average molecular weight is 328 g/mol. The molecule has 0 saturated heterocycles. The molecule has 3 rings (SSSR count). The second-order valence-corrected chi connectivity index (χ2v) is 5.43. The van der Waals surface area contributed by atoms with Crippen molar-refractivity contribution in [3.8, 4) is 0 Å². The molecule has 4 heteroatoms. The van der Waals surface area contributed by atoms with Gasteiger partial charge in [0, 0.05) is 5.39 Å². The van der Waals surface area contributed by atoms with Crippen molar-refractivity contribution in [1.82, 2.24) is 9.97 Å². The Bertz CT molecular complexity index is 756. The SMILES string of the molecule is Cc1nc(Br)ccc1NCc1ccc2ccccc2n1. The smallest absolute Gasteiger partial charge is 0.106 e. The summed E-state index contributed by atoms with van der Waals surface area (Å²) < 4.78 is 0.851. The highest BCUT2D eigenvalue weighted by atomic mass is 79.9. The molecule has 0 aliphatic rings. The average Bonchev–Trinajstić information content (AvgIpc) is 2.46. The Balaban J connectivity index is 1.79. The van der Waals surface area contributed by atoms with E-state index >= 15 is 0 Å². The predicted octanol–water partition coefficient (Wildman–Crippen LogP) is 4.31. The zero-order valence-corrected chi connectivity index (χ0v) is 12.7. The lowest BCUT2D eigenvalue weighted by Gasteiger charge is -2.09. The highest BCUT2D eigenvalue weighted by Gasteiger charge is 2.02. The second-order valence-electron chi connectivity index (χ2n) is 4.62. The lowest BCUT2D eigenvalue weighted by atomic mass is 10.2. The zero-order chi connectivity index (χ0) is 13.9. The summed E-state index contributed by atoms with van der Waals surface area (Å²) in [6.07, 6.45) is 0. The molecule has 0 saturated carbocycles. The van der Waals surface area contributed by atoms with Gasteiger partial charge in [0.1, 0.15) is 4.60 Å². The Morgan fingerprint density at radius 2 is 1.85 bits per heavy atom. The molecule has 3 aromatic rings. The van der Waals surface area contributed by atoms with Crippen molar-refractivity contribution >= 4 is 32.5 Å². The number of pyridine rings is 2. The highest BCUT2D eigenvalue weighted by molar-refractivity contribution is 9.10. The van der Waals surface area contributed by atoms with Crippen LogP contribution in [-0.2, 0) is 6.54 Å². The monoisotopic (exact) mass is 327 g/mol. The van der Waals surface area contributed by atoms with Gasteiger partial charge in [-0.1, -0.05) is 24.3 Å². The number of fused-ring (bicyclic) bond motifs is 1. The van der Waals surface area contributed by atoms with Crippen LogP contribution >= 0.6 is 15.9 Å². The van der Waals surface area contributed by atoms with E-state index in [1.54, 1.807) is 0 Å². The van der Waals surface area contributed by atoms with Crippen LogP contribution in [0.4, 0.5) is 5.69 Å². The topological polar surface area (TPSA) is 37.8 Å². The van der Waals surface area contributed by atoms with Crippen molar-refractivity contribution in [3.05, 3.63) is 64.5 Å². The third-order valence-corrected chi connectivity index (χ3v) is 3.61. The second kappa shape index (κ2) is 5.59. The van der Waals surface area contributed by atoms with E-state index < -0.39 is 0 Å². The number of hydrogen-bond acceptors (Lipinski definition) is 3. The molecule has 2 aromatic heterocycles. The molecular formula is C16H14BrN3. The molecule has 3 nitrogen and oxygen atoms in total. The maximum Gasteiger partial charge on any atom is 0.106 e. The summed E-state index contributed by atoms with van der Waals surface area (Å²) in [5, 5.41) is 4.54. The quantitative estimate of drug-likeness (QED) is 0.728. The van der Waals surface area contributed by atoms with Gasteiger partial charge >= 0.3 is 0 Å². The van der Waals surface area contributed by atoms with Gasteiger partial charge in [-0.2, -0.15) is 0 Å². The van der Waals surface area contributed by atoms with Crippen LogP contribution in [0, 0.1) is 6.92 Å². The van der Waals surface area contributed by atoms with Crippen LogP contribution < -0.4 is 5.32 Å². The van der Waals surface area contributed by atoms with Gasteiger partial charge < -0.3 is 5.32 Å². The first-order chi connectivity index (χ1) is 9.72. The number of nitrogens with one attached hydrogen (secondary N) is 1. The van der Waals surface area contributed by atoms with E-state index in [9.17, 15) is 0 Å². The number of anilines is 1. The number of hydrogen-bond donors (Lipinski definition) is 1. The number of halogens is 1. The van der Waals surface area contributed by atoms with Gasteiger partial charge in [0.25, 0.3) is 0 Å². The fourth-order valence-corrected chi connectivity index (χ4v) is 2.51. The summed E-state index contributed by atoms with van der Waals surface area (Å²) in [6, 6.07) is 16.3. The summed E-state index contributed by atoms with van der Waals surface area (Å²) in [4.78, 5) is 9.01. The Morgan fingerprint density at radius 1 is 1.00 bits per heavy atom. The van der Waals surface area contributed by atoms with Crippen LogP contribution in [-0.4, -0.2) is 9.97 Å². The van der Waals surface area contributed by atoms with Gasteiger partial charge in [-0.15, -0.1) is 0 Å². The van der Waals surface area contributed by atoms with E-state index in [1.165, 1.54) is 0 Å². The minimum Gasteiger partial charge on any atom is -0.378 e. The van der Waals surface area contributed by atoms with Crippen LogP contribution in [0.5, 0.6) is 0 Å². The summed E-state index contributed by atoms with van der Waals surface area (Å²) in [6.45, 7) is 2.68. The molecule has 1 aromatic carbocycles. The Kier molecular flexibility index (Phi) is 3.65. The van der Waals surface area contributed by atoms with Crippen molar-refractivity contribution in [2.45, 2.75) is 13.5 Å². The van der Waals surface area contributed by atoms with E-state index in [-0.39, 0.29) is 0 Å². The first-order valence-electron chi connectivity index (χ1n) is 6.44. The minimum atomic E-state index is 0.689. The molecule has 0 aliphatic carbocycles. The van der Waals surface area contributed by atoms with Gasteiger partial charge in [0.05, 0.1) is 29.1 Å². The number of aromatic nitrogens is 2. The van der Waals surface area contributed by atoms with Crippen molar-refractivity contribution < 1.29 is 0 Å². The summed E-state index contributed by atoms with van der Waals surface area (Å²) >= 11 is 3.37. The molecule has 1 N–H and O–H groups in total. The van der Waals surface area contributed by atoms with Crippen molar-refractivity contribution in [3.63, 3.8) is 0 Å². The maximum atomic E-state index is 4.65. The lowest BCUT2D eigenvalue weighted by molar-refractivity contribution is 1.05. The third-order valence-electron chi connectivity index (χ3n) is 3.17. The van der Waals surface area contributed by atoms with Crippen molar-refractivity contribution in [2.75, 3.05) is 5.32 Å². The predicted molar refractivity (Wildman–Crippen MR) is 85.7 cm³/mol. The normalized spacial score (nSPS) is 10.7. The molecular weight excluding hydrogens is 314 g/mol. The van der Waals surface area contributed by atoms with Crippen LogP contribution in [0.2, 0.25) is 0 Å². The molecule has 20 heavy (non-hydrogen) atoms. The Labute approximate surface area is 126 Å². The fraction of sp³-hybridized carbons (Fsp3) is 0.125. The number of benzene rings is 1. The van der Waals surface area contributed by atoms with Gasteiger partial charge in [-0.3, -0.25) is 4.98 Å². The van der Waals surface area contributed by atoms with E-state index in [4.69, 9.17) is 0 Å². The minimum absolute atomic E-state index is 0.689. The largest absolute Gasteiger partial charge is 0.378 e. The first-order valence-corrected chi connectivity index (χ1v) is 7.23. The number of rotatable bonds is 3. The van der Waals surface area contributed by atoms with Crippen molar-refractivity contribution in [2.24, 2.45) is 0 Å². The number of aryl methyl sites for hydroxylation is 1. The molecule has 0 atom stereocenters. The molecule has 0 bridgehead atoms. The summed E-state index contributed by atoms with van der Waals surface area (Å²) in [7, 11) is 0. The van der Waals surface area contributed by atoms with Crippen LogP contribution in [0.1, 0.15) is 11.4 Å². The van der Waals surface area contributed by atoms with E-state index in [0.717, 1.165) is 32.6 Å². The third kappa shape index (κ3) is 2.80. The van der Waals surface area contributed by atoms with Gasteiger partial charge in [-0.05, 0) is 47.1 Å². The van der Waals surface area contributed by atoms with Gasteiger partial charge in [0.15, 0.2) is 0 Å². The maximum absolute atomic E-state index is 4.65. The lowest BCUT2D eigenvalue weighted by Crippen LogP contribution is -2.03. The fourth-order valence-electron chi connectivity index (χ4n) is 2.11. The highest BCUT2D eigenvalue weighted by Crippen LogP contribution is 2.17. The molecule has 100 valence electrons. The van der Waals surface area contributed by atoms with Gasteiger partial charge in [0.2, 0.25) is 0 Å². The van der Waals surface area contributed by atoms with Crippen LogP contribution in [0.15, 0.2) is 53.1 Å². The standard InChI is InChI=1S/C16H14BrN3/c1-11-14(8-9-16(17)19-11)18-10-13-7-6-12-4-2-3-5-15(12)20-13/h2-9,18H,10H2,1H3. The first kappa shape index (κ1) is 13.1. The van der Waals surface area contributed by atoms with Crippen LogP contribution in [0.3, 0.4) is 0 Å². The van der Waals surface area contributed by atoms with Gasteiger partial charge in [-0.25, -0.2) is 4.98 Å². The molecule has 0 unspecified atom stereocenters. The van der Waals surface area contributed by atoms with E-state index in [0.29, 0.717) is 6.54 Å². The van der Waals surface area contributed by atoms with E-state index in [1.807, 2.05) is 37.3 Å². The zero-order valence-electron chi connectivity index (χ0n) is 11.1.